The van der Waals surface area contributed by atoms with Crippen LogP contribution in [0.3, 0.4) is 0 Å². The first-order chi connectivity index (χ1) is 24.7. The minimum Gasteiger partial charge on any atom is -0.480 e. The number of amides is 4. The maximum Gasteiger partial charge on any atom is 0.322 e. The van der Waals surface area contributed by atoms with E-state index < -0.39 is 24.5 Å². The van der Waals surface area contributed by atoms with Crippen LogP contribution in [0.5, 0.6) is 0 Å². The van der Waals surface area contributed by atoms with Crippen molar-refractivity contribution in [1.29, 1.82) is 0 Å². The Bertz CT molecular complexity index is 1460. The van der Waals surface area contributed by atoms with Crippen LogP contribution >= 0.6 is 0 Å². The normalized spacial score (nSPS) is 13.3. The first kappa shape index (κ1) is 40.8. The molecule has 2 aromatic carbocycles. The Kier molecular flexibility index (Phi) is 18.4. The first-order valence-electron chi connectivity index (χ1n) is 17.2. The van der Waals surface area contributed by atoms with Gasteiger partial charge in [0.2, 0.25) is 23.6 Å². The third-order valence-electron chi connectivity index (χ3n) is 7.76. The van der Waals surface area contributed by atoms with E-state index >= 15 is 0 Å². The van der Waals surface area contributed by atoms with Gasteiger partial charge in [0.05, 0.1) is 65.1 Å². The highest BCUT2D eigenvalue weighted by atomic mass is 16.6. The zero-order valence-electron chi connectivity index (χ0n) is 29.4. The number of aliphatic carboxylic acids is 1. The van der Waals surface area contributed by atoms with Gasteiger partial charge in [0, 0.05) is 25.8 Å². The summed E-state index contributed by atoms with van der Waals surface area (Å²) in [6.45, 7) is 6.22. The lowest BCUT2D eigenvalue weighted by atomic mass is 10.0. The molecule has 0 spiro atoms. The quantitative estimate of drug-likeness (QED) is 0.125. The van der Waals surface area contributed by atoms with Crippen molar-refractivity contribution in [2.75, 3.05) is 70.8 Å². The molecule has 0 fully saturated rings. The van der Waals surface area contributed by atoms with Crippen LogP contribution in [0, 0.1) is 5.92 Å². The molecule has 14 nitrogen and oxygen atoms in total. The second-order valence-electron chi connectivity index (χ2n) is 12.0. The maximum atomic E-state index is 13.3. The number of nitrogens with one attached hydrogen (secondary N) is 3. The van der Waals surface area contributed by atoms with Gasteiger partial charge in [0.25, 0.3) is 0 Å². The number of carboxylic acid groups (broad SMARTS) is 1. The Labute approximate surface area is 298 Å². The number of carbonyl (C=O) groups excluding carboxylic acids is 4. The van der Waals surface area contributed by atoms with Crippen molar-refractivity contribution in [2.45, 2.75) is 45.7 Å². The van der Waals surface area contributed by atoms with Gasteiger partial charge in [-0.15, -0.1) is 0 Å². The van der Waals surface area contributed by atoms with E-state index in [9.17, 15) is 24.0 Å². The zero-order chi connectivity index (χ0) is 36.8. The Morgan fingerprint density at radius 1 is 0.706 bits per heavy atom. The third-order valence-corrected chi connectivity index (χ3v) is 7.76. The van der Waals surface area contributed by atoms with Gasteiger partial charge in [-0.1, -0.05) is 68.5 Å². The number of nitrogens with zero attached hydrogens (tertiary/aromatic N) is 1. The summed E-state index contributed by atoms with van der Waals surface area (Å²) in [6.07, 6.45) is 4.28. The van der Waals surface area contributed by atoms with Crippen LogP contribution in [0.25, 0.3) is 12.2 Å². The number of rotatable bonds is 23. The van der Waals surface area contributed by atoms with Crippen LogP contribution in [0.1, 0.15) is 49.8 Å². The zero-order valence-corrected chi connectivity index (χ0v) is 29.4. The largest absolute Gasteiger partial charge is 0.480 e. The van der Waals surface area contributed by atoms with E-state index in [1.807, 2.05) is 54.6 Å². The molecule has 0 radical (unpaired) electrons. The van der Waals surface area contributed by atoms with E-state index in [4.69, 9.17) is 24.1 Å². The van der Waals surface area contributed by atoms with Crippen molar-refractivity contribution in [2.24, 2.45) is 5.92 Å². The highest BCUT2D eigenvalue weighted by Crippen LogP contribution is 2.29. The van der Waals surface area contributed by atoms with E-state index in [-0.39, 0.29) is 56.1 Å². The third kappa shape index (κ3) is 15.4. The first-order valence-corrected chi connectivity index (χ1v) is 17.2. The van der Waals surface area contributed by atoms with Gasteiger partial charge in [-0.3, -0.25) is 24.0 Å². The second kappa shape index (κ2) is 23.0. The van der Waals surface area contributed by atoms with Gasteiger partial charge in [0.15, 0.2) is 0 Å². The topological polar surface area (TPSA) is 182 Å². The molecule has 278 valence electrons. The van der Waals surface area contributed by atoms with Gasteiger partial charge in [0.1, 0.15) is 12.6 Å². The fourth-order valence-electron chi connectivity index (χ4n) is 5.06. The molecule has 0 saturated heterocycles. The number of hydrogen-bond acceptors (Lipinski definition) is 9. The van der Waals surface area contributed by atoms with Crippen molar-refractivity contribution >= 4 is 47.4 Å². The number of benzene rings is 2. The van der Waals surface area contributed by atoms with E-state index in [0.29, 0.717) is 52.7 Å². The highest BCUT2D eigenvalue weighted by Gasteiger charge is 2.24. The van der Waals surface area contributed by atoms with Crippen LogP contribution in [0.15, 0.2) is 48.5 Å². The molecule has 0 aliphatic carbocycles. The number of anilines is 1. The van der Waals surface area contributed by atoms with E-state index in [2.05, 4.69) is 22.0 Å². The average molecular weight is 711 g/mol. The molecule has 0 bridgehead atoms. The molecule has 1 atom stereocenters. The highest BCUT2D eigenvalue weighted by molar-refractivity contribution is 5.98. The smallest absolute Gasteiger partial charge is 0.322 e. The maximum absolute atomic E-state index is 13.3. The minimum atomic E-state index is -1.16. The number of para-hydroxylation sites is 1. The van der Waals surface area contributed by atoms with Crippen molar-refractivity contribution < 1.29 is 48.0 Å². The van der Waals surface area contributed by atoms with E-state index in [0.717, 1.165) is 22.4 Å². The molecule has 1 aliphatic rings. The monoisotopic (exact) mass is 710 g/mol. The summed E-state index contributed by atoms with van der Waals surface area (Å²) in [7, 11) is 0. The summed E-state index contributed by atoms with van der Waals surface area (Å²) in [5.41, 5.74) is 3.87. The van der Waals surface area contributed by atoms with Gasteiger partial charge in [-0.2, -0.15) is 0 Å². The molecule has 4 amide bonds. The second-order valence-corrected chi connectivity index (χ2v) is 12.0. The van der Waals surface area contributed by atoms with Gasteiger partial charge >= 0.3 is 5.97 Å². The lowest BCUT2D eigenvalue weighted by molar-refractivity contribution is -0.138. The molecule has 0 saturated carbocycles. The molecule has 3 rings (SSSR count). The van der Waals surface area contributed by atoms with Crippen molar-refractivity contribution in [1.82, 2.24) is 16.0 Å². The number of ether oxygens (including phenoxy) is 4. The Hall–Kier alpha value is -4.63. The molecule has 0 aromatic heterocycles. The fourth-order valence-corrected chi connectivity index (χ4v) is 5.06. The minimum absolute atomic E-state index is 0.0457. The Morgan fingerprint density at radius 3 is 1.96 bits per heavy atom. The van der Waals surface area contributed by atoms with E-state index in [1.165, 1.54) is 0 Å². The van der Waals surface area contributed by atoms with Crippen LogP contribution in [0.2, 0.25) is 0 Å². The molecule has 2 aromatic rings. The molecule has 1 heterocycles. The van der Waals surface area contributed by atoms with Crippen molar-refractivity contribution in [3.8, 4) is 0 Å². The summed E-state index contributed by atoms with van der Waals surface area (Å²) in [6, 6.07) is 14.9. The molecular weight excluding hydrogens is 660 g/mol. The van der Waals surface area contributed by atoms with Crippen LogP contribution in [-0.4, -0.2) is 107 Å². The predicted molar refractivity (Wildman–Crippen MR) is 191 cm³/mol. The SMILES string of the molecule is CC(C)C(NC(=O)CCOCCOCCOCCOCCNC(=O)CCC(=O)N1Cc2ccccc2/C=C\c2ccccc21)C(=O)NCC(=O)O. The van der Waals surface area contributed by atoms with E-state index in [1.54, 1.807) is 18.7 Å². The number of carbonyl (C=O) groups is 5. The summed E-state index contributed by atoms with van der Waals surface area (Å²) in [4.78, 5) is 62.4. The lowest BCUT2D eigenvalue weighted by Crippen LogP contribution is -2.50. The summed E-state index contributed by atoms with van der Waals surface area (Å²) in [5, 5.41) is 16.4. The Morgan fingerprint density at radius 2 is 1.29 bits per heavy atom. The van der Waals surface area contributed by atoms with Gasteiger partial charge in [-0.05, 0) is 28.7 Å². The van der Waals surface area contributed by atoms with Gasteiger partial charge in [-0.25, -0.2) is 0 Å². The van der Waals surface area contributed by atoms with Crippen LogP contribution < -0.4 is 20.9 Å². The molecule has 4 N–H and O–H groups in total. The standard InChI is InChI=1S/C37H50N4O10/c1-27(2)36(37(47)39-25-35(45)46)40-33(43)15-17-48-19-21-50-23-24-51-22-20-49-18-16-38-32(42)13-14-34(44)41-26-30-9-4-3-7-28(30)11-12-29-8-5-6-10-31(29)41/h3-12,27,36H,13-26H2,1-2H3,(H,38,42)(H,39,47)(H,40,43)(H,45,46)/b12-11-. The summed E-state index contributed by atoms with van der Waals surface area (Å²) < 4.78 is 21.8. The Balaban J connectivity index is 1.16. The van der Waals surface area contributed by atoms with Crippen molar-refractivity contribution in [3.63, 3.8) is 0 Å². The van der Waals surface area contributed by atoms with Crippen LogP contribution in [-0.2, 0) is 49.5 Å². The molecule has 1 unspecified atom stereocenters. The number of carboxylic acids is 1. The fraction of sp³-hybridized carbons (Fsp3) is 0.486. The number of fused-ring (bicyclic) bond motifs is 2. The number of hydrogen-bond donors (Lipinski definition) is 4. The average Bonchev–Trinajstić information content (AvgIpc) is 3.11. The lowest BCUT2D eigenvalue weighted by Gasteiger charge is -2.27. The molecule has 51 heavy (non-hydrogen) atoms. The van der Waals surface area contributed by atoms with Crippen molar-refractivity contribution in [3.05, 3.63) is 65.2 Å². The molecular formula is C37H50N4O10. The van der Waals surface area contributed by atoms with Gasteiger partial charge < -0.3 is 44.9 Å². The van der Waals surface area contributed by atoms with Crippen LogP contribution in [0.4, 0.5) is 5.69 Å². The molecule has 14 heteroatoms. The summed E-state index contributed by atoms with van der Waals surface area (Å²) >= 11 is 0. The molecule has 1 aliphatic heterocycles. The predicted octanol–water partition coefficient (Wildman–Crippen LogP) is 2.40. The summed E-state index contributed by atoms with van der Waals surface area (Å²) in [5.74, 6) is -2.64.